The highest BCUT2D eigenvalue weighted by molar-refractivity contribution is 9.10. The largest absolute Gasteiger partial charge is 0.306 e. The summed E-state index contributed by atoms with van der Waals surface area (Å²) in [5.74, 6) is 0.823. The van der Waals surface area contributed by atoms with Crippen molar-refractivity contribution in [1.82, 2.24) is 5.32 Å². The number of nitrogens with zero attached hydrogens (tertiary/aromatic N) is 1. The Morgan fingerprint density at radius 3 is 2.68 bits per heavy atom. The minimum absolute atomic E-state index is 0.520. The van der Waals surface area contributed by atoms with Crippen LogP contribution < -0.4 is 5.32 Å². The number of hydrogen-bond donors (Lipinski definition) is 1. The quantitative estimate of drug-likeness (QED) is 0.888. The van der Waals surface area contributed by atoms with Gasteiger partial charge in [-0.25, -0.2) is 0 Å². The van der Waals surface area contributed by atoms with E-state index in [2.05, 4.69) is 51.6 Å². The average molecular weight is 317 g/mol. The van der Waals surface area contributed by atoms with Crippen molar-refractivity contribution in [2.75, 3.05) is 6.54 Å². The molecule has 2 aliphatic heterocycles. The van der Waals surface area contributed by atoms with Gasteiger partial charge in [-0.2, -0.15) is 0 Å². The molecule has 0 amide bonds. The maximum atomic E-state index is 4.77. The number of rotatable bonds is 2. The summed E-state index contributed by atoms with van der Waals surface area (Å²) >= 11 is 3.48. The van der Waals surface area contributed by atoms with Crippen LogP contribution in [0.15, 0.2) is 39.8 Å². The van der Waals surface area contributed by atoms with Gasteiger partial charge in [-0.1, -0.05) is 28.1 Å². The van der Waals surface area contributed by atoms with Gasteiger partial charge in [0.15, 0.2) is 0 Å². The average Bonchev–Trinajstić information content (AvgIpc) is 3.15. The lowest BCUT2D eigenvalue weighted by Gasteiger charge is -2.22. The number of benzene rings is 1. The molecular weight excluding hydrogens is 300 g/mol. The summed E-state index contributed by atoms with van der Waals surface area (Å²) in [5, 5.41) is 3.73. The van der Waals surface area contributed by atoms with E-state index < -0.39 is 0 Å². The first kappa shape index (κ1) is 11.9. The Labute approximate surface area is 122 Å². The summed E-state index contributed by atoms with van der Waals surface area (Å²) in [6, 6.07) is 9.81. The molecule has 1 N–H and O–H groups in total. The SMILES string of the molecule is Brc1ccc(C2=CC(C3NC4CCC3C4)=NC2)cc1. The van der Waals surface area contributed by atoms with Crippen LogP contribution in [0.2, 0.25) is 0 Å². The summed E-state index contributed by atoms with van der Waals surface area (Å²) in [6.07, 6.45) is 6.40. The number of halogens is 1. The number of piperidine rings is 1. The third kappa shape index (κ3) is 2.09. The van der Waals surface area contributed by atoms with Crippen LogP contribution in [0.4, 0.5) is 0 Å². The fourth-order valence-electron chi connectivity index (χ4n) is 3.66. The Kier molecular flexibility index (Phi) is 2.85. The van der Waals surface area contributed by atoms with Gasteiger partial charge >= 0.3 is 0 Å². The third-order valence-corrected chi connectivity index (χ3v) is 5.18. The predicted molar refractivity (Wildman–Crippen MR) is 82.5 cm³/mol. The second-order valence-electron chi connectivity index (χ2n) is 5.83. The van der Waals surface area contributed by atoms with E-state index in [1.165, 1.54) is 36.1 Å². The van der Waals surface area contributed by atoms with Crippen molar-refractivity contribution in [3.63, 3.8) is 0 Å². The zero-order valence-electron chi connectivity index (χ0n) is 10.8. The zero-order valence-corrected chi connectivity index (χ0v) is 12.4. The van der Waals surface area contributed by atoms with Crippen LogP contribution in [0.3, 0.4) is 0 Å². The highest BCUT2D eigenvalue weighted by Gasteiger charge is 2.41. The van der Waals surface area contributed by atoms with Crippen molar-refractivity contribution in [1.29, 1.82) is 0 Å². The van der Waals surface area contributed by atoms with Gasteiger partial charge in [-0.05, 0) is 54.5 Å². The molecule has 1 saturated heterocycles. The number of fused-ring (bicyclic) bond motifs is 2. The summed E-state index contributed by atoms with van der Waals surface area (Å²) < 4.78 is 1.13. The first-order valence-corrected chi connectivity index (χ1v) is 7.86. The fraction of sp³-hybridized carbons (Fsp3) is 0.438. The molecule has 2 bridgehead atoms. The topological polar surface area (TPSA) is 24.4 Å². The van der Waals surface area contributed by atoms with Crippen molar-refractivity contribution in [3.05, 3.63) is 40.4 Å². The van der Waals surface area contributed by atoms with E-state index >= 15 is 0 Å². The Balaban J connectivity index is 1.55. The van der Waals surface area contributed by atoms with E-state index in [0.29, 0.717) is 6.04 Å². The maximum absolute atomic E-state index is 4.77. The first-order valence-electron chi connectivity index (χ1n) is 7.06. The molecule has 1 saturated carbocycles. The lowest BCUT2D eigenvalue weighted by molar-refractivity contribution is 0.455. The van der Waals surface area contributed by atoms with Gasteiger partial charge < -0.3 is 5.32 Å². The molecule has 3 unspecified atom stereocenters. The second kappa shape index (κ2) is 4.57. The van der Waals surface area contributed by atoms with Crippen LogP contribution in [0.5, 0.6) is 0 Å². The van der Waals surface area contributed by atoms with Gasteiger partial charge in [-0.15, -0.1) is 0 Å². The van der Waals surface area contributed by atoms with Crippen molar-refractivity contribution in [2.45, 2.75) is 31.3 Å². The van der Waals surface area contributed by atoms with E-state index in [9.17, 15) is 0 Å². The van der Waals surface area contributed by atoms with Crippen LogP contribution in [-0.4, -0.2) is 24.3 Å². The van der Waals surface area contributed by atoms with E-state index in [1.807, 2.05) is 0 Å². The van der Waals surface area contributed by atoms with Crippen LogP contribution in [0.1, 0.15) is 24.8 Å². The number of aliphatic imine (C=N–C) groups is 1. The van der Waals surface area contributed by atoms with E-state index in [-0.39, 0.29) is 0 Å². The highest BCUT2D eigenvalue weighted by Crippen LogP contribution is 2.37. The molecule has 1 aromatic rings. The summed E-state index contributed by atoms with van der Waals surface area (Å²) in [4.78, 5) is 4.77. The summed E-state index contributed by atoms with van der Waals surface area (Å²) in [5.41, 5.74) is 3.93. The maximum Gasteiger partial charge on any atom is 0.0650 e. The molecule has 3 heteroatoms. The molecule has 3 aliphatic rings. The van der Waals surface area contributed by atoms with Gasteiger partial charge in [0.1, 0.15) is 0 Å². The number of hydrogen-bond acceptors (Lipinski definition) is 2. The smallest absolute Gasteiger partial charge is 0.0650 e. The van der Waals surface area contributed by atoms with Gasteiger partial charge in [0.05, 0.1) is 18.3 Å². The highest BCUT2D eigenvalue weighted by atomic mass is 79.9. The Bertz CT molecular complexity index is 559. The van der Waals surface area contributed by atoms with Gasteiger partial charge in [-0.3, -0.25) is 4.99 Å². The number of nitrogens with one attached hydrogen (secondary N) is 1. The zero-order chi connectivity index (χ0) is 12.8. The first-order chi connectivity index (χ1) is 9.29. The molecule has 98 valence electrons. The molecule has 3 atom stereocenters. The molecule has 2 fully saturated rings. The van der Waals surface area contributed by atoms with Gasteiger partial charge in [0.2, 0.25) is 0 Å². The monoisotopic (exact) mass is 316 g/mol. The molecule has 4 rings (SSSR count). The fourth-order valence-corrected chi connectivity index (χ4v) is 3.92. The molecule has 2 heterocycles. The molecule has 0 radical (unpaired) electrons. The minimum atomic E-state index is 0.520. The van der Waals surface area contributed by atoms with E-state index in [1.54, 1.807) is 0 Å². The van der Waals surface area contributed by atoms with E-state index in [0.717, 1.165) is 23.0 Å². The Morgan fingerprint density at radius 2 is 2.00 bits per heavy atom. The van der Waals surface area contributed by atoms with E-state index in [4.69, 9.17) is 4.99 Å². The lowest BCUT2D eigenvalue weighted by Crippen LogP contribution is -2.40. The normalized spacial score (nSPS) is 32.6. The Hall–Kier alpha value is -0.930. The predicted octanol–water partition coefficient (Wildman–Crippen LogP) is 3.43. The Morgan fingerprint density at radius 1 is 1.16 bits per heavy atom. The molecule has 0 aromatic heterocycles. The standard InChI is InChI=1S/C16H17BrN2/c17-13-4-1-10(2-5-13)12-8-15(18-9-12)16-11-3-6-14(7-11)19-16/h1-2,4-5,8,11,14,16,19H,3,6-7,9H2. The van der Waals surface area contributed by atoms with Crippen molar-refractivity contribution < 1.29 is 0 Å². The third-order valence-electron chi connectivity index (χ3n) is 4.65. The van der Waals surface area contributed by atoms with Crippen LogP contribution >= 0.6 is 15.9 Å². The molecule has 0 spiro atoms. The lowest BCUT2D eigenvalue weighted by atomic mass is 9.95. The molecule has 1 aliphatic carbocycles. The van der Waals surface area contributed by atoms with Crippen molar-refractivity contribution in [3.8, 4) is 0 Å². The summed E-state index contributed by atoms with van der Waals surface area (Å²) in [6.45, 7) is 0.840. The van der Waals surface area contributed by atoms with Gasteiger partial charge in [0.25, 0.3) is 0 Å². The van der Waals surface area contributed by atoms with Crippen LogP contribution in [0, 0.1) is 5.92 Å². The van der Waals surface area contributed by atoms with Crippen LogP contribution in [0.25, 0.3) is 5.57 Å². The molecule has 19 heavy (non-hydrogen) atoms. The molecular formula is C16H17BrN2. The van der Waals surface area contributed by atoms with Gasteiger partial charge in [0, 0.05) is 10.5 Å². The molecule has 2 nitrogen and oxygen atoms in total. The molecule has 1 aromatic carbocycles. The summed E-state index contributed by atoms with van der Waals surface area (Å²) in [7, 11) is 0. The van der Waals surface area contributed by atoms with Crippen molar-refractivity contribution in [2.24, 2.45) is 10.9 Å². The van der Waals surface area contributed by atoms with Crippen molar-refractivity contribution >= 4 is 27.2 Å². The second-order valence-corrected chi connectivity index (χ2v) is 6.75. The minimum Gasteiger partial charge on any atom is -0.306 e. The van der Waals surface area contributed by atoms with Crippen LogP contribution in [-0.2, 0) is 0 Å².